The van der Waals surface area contributed by atoms with Crippen LogP contribution in [0.2, 0.25) is 0 Å². The average molecular weight is 467 g/mol. The summed E-state index contributed by atoms with van der Waals surface area (Å²) >= 11 is 2.62. The van der Waals surface area contributed by atoms with E-state index in [2.05, 4.69) is 34.4 Å². The standard InChI is InChI=1S/C21H27FN4O3S2/c1-13-8-26(9-14(2)29-13)10-18-11-31-21(24-18)25-20(28)15(3)30-12-19(27)23-17-6-4-16(22)5-7-17/h4-7,11,13-15H,8-10,12H2,1-3H3,(H,23,27)(H,24,25,28). The summed E-state index contributed by atoms with van der Waals surface area (Å²) in [6.07, 6.45) is 0.388. The van der Waals surface area contributed by atoms with Gasteiger partial charge in [0.05, 0.1) is 28.9 Å². The van der Waals surface area contributed by atoms with Gasteiger partial charge in [-0.15, -0.1) is 23.1 Å². The Morgan fingerprint density at radius 1 is 1.26 bits per heavy atom. The van der Waals surface area contributed by atoms with Crippen LogP contribution in [-0.4, -0.2) is 58.0 Å². The molecule has 2 aromatic rings. The molecule has 31 heavy (non-hydrogen) atoms. The highest BCUT2D eigenvalue weighted by molar-refractivity contribution is 8.01. The third kappa shape index (κ3) is 7.57. The van der Waals surface area contributed by atoms with E-state index in [4.69, 9.17) is 4.74 Å². The van der Waals surface area contributed by atoms with Crippen molar-refractivity contribution in [2.75, 3.05) is 29.5 Å². The number of amides is 2. The van der Waals surface area contributed by atoms with Crippen molar-refractivity contribution in [3.63, 3.8) is 0 Å². The van der Waals surface area contributed by atoms with Gasteiger partial charge in [-0.3, -0.25) is 14.5 Å². The van der Waals surface area contributed by atoms with E-state index in [1.165, 1.54) is 47.4 Å². The fraction of sp³-hybridized carbons (Fsp3) is 0.476. The first kappa shape index (κ1) is 23.6. The number of carbonyl (C=O) groups excluding carboxylic acids is 2. The minimum absolute atomic E-state index is 0.114. The van der Waals surface area contributed by atoms with Crippen LogP contribution < -0.4 is 10.6 Å². The van der Waals surface area contributed by atoms with E-state index in [1.807, 2.05) is 5.38 Å². The van der Waals surface area contributed by atoms with Gasteiger partial charge >= 0.3 is 0 Å². The summed E-state index contributed by atoms with van der Waals surface area (Å²) < 4.78 is 18.7. The summed E-state index contributed by atoms with van der Waals surface area (Å²) in [6, 6.07) is 5.54. The van der Waals surface area contributed by atoms with Crippen LogP contribution in [0.25, 0.3) is 0 Å². The van der Waals surface area contributed by atoms with E-state index in [-0.39, 0.29) is 35.6 Å². The number of anilines is 2. The van der Waals surface area contributed by atoms with Crippen LogP contribution in [0, 0.1) is 5.82 Å². The van der Waals surface area contributed by atoms with Crippen molar-refractivity contribution in [2.24, 2.45) is 0 Å². The predicted molar refractivity (Wildman–Crippen MR) is 123 cm³/mol. The summed E-state index contributed by atoms with van der Waals surface area (Å²) in [6.45, 7) is 8.31. The molecule has 1 saturated heterocycles. The molecular weight excluding hydrogens is 439 g/mol. The Morgan fingerprint density at radius 3 is 2.61 bits per heavy atom. The lowest BCUT2D eigenvalue weighted by Crippen LogP contribution is -2.44. The number of nitrogens with one attached hydrogen (secondary N) is 2. The zero-order valence-corrected chi connectivity index (χ0v) is 19.4. The summed E-state index contributed by atoms with van der Waals surface area (Å²) in [5.41, 5.74) is 1.43. The summed E-state index contributed by atoms with van der Waals surface area (Å²) in [5, 5.41) is 7.59. The fourth-order valence-corrected chi connectivity index (χ4v) is 4.68. The molecule has 0 bridgehead atoms. The SMILES string of the molecule is CC1CN(Cc2csc(NC(=O)C(C)SCC(=O)Nc3ccc(F)cc3)n2)CC(C)O1. The Kier molecular flexibility index (Phi) is 8.42. The van der Waals surface area contributed by atoms with E-state index in [0.717, 1.165) is 25.3 Å². The molecule has 1 aromatic heterocycles. The Balaban J connectivity index is 1.42. The molecule has 0 aliphatic carbocycles. The normalized spacial score (nSPS) is 20.3. The molecule has 3 rings (SSSR count). The molecule has 2 N–H and O–H groups in total. The van der Waals surface area contributed by atoms with Crippen LogP contribution in [-0.2, 0) is 20.9 Å². The third-order valence-electron chi connectivity index (χ3n) is 4.62. The molecule has 168 valence electrons. The quantitative estimate of drug-likeness (QED) is 0.619. The van der Waals surface area contributed by atoms with Gasteiger partial charge in [-0.05, 0) is 45.0 Å². The molecule has 3 unspecified atom stereocenters. The van der Waals surface area contributed by atoms with E-state index in [0.29, 0.717) is 10.8 Å². The lowest BCUT2D eigenvalue weighted by atomic mass is 10.2. The molecule has 2 heterocycles. The highest BCUT2D eigenvalue weighted by Gasteiger charge is 2.23. The molecule has 3 atom stereocenters. The molecule has 1 fully saturated rings. The number of morpholine rings is 1. The van der Waals surface area contributed by atoms with E-state index >= 15 is 0 Å². The minimum Gasteiger partial charge on any atom is -0.373 e. The topological polar surface area (TPSA) is 83.6 Å². The molecule has 1 aliphatic heterocycles. The Hall–Kier alpha value is -2.01. The van der Waals surface area contributed by atoms with Crippen LogP contribution in [0.15, 0.2) is 29.6 Å². The summed E-state index contributed by atoms with van der Waals surface area (Å²) in [5.74, 6) is -0.699. The second-order valence-corrected chi connectivity index (χ2v) is 9.78. The number of carbonyl (C=O) groups is 2. The van der Waals surface area contributed by atoms with Crippen LogP contribution in [0.5, 0.6) is 0 Å². The third-order valence-corrected chi connectivity index (χ3v) is 6.57. The lowest BCUT2D eigenvalue weighted by molar-refractivity contribution is -0.115. The second kappa shape index (κ2) is 11.0. The van der Waals surface area contributed by atoms with Gasteiger partial charge < -0.3 is 15.4 Å². The molecule has 7 nitrogen and oxygen atoms in total. The molecule has 1 aromatic carbocycles. The van der Waals surface area contributed by atoms with Crippen molar-refractivity contribution in [1.82, 2.24) is 9.88 Å². The maximum Gasteiger partial charge on any atom is 0.239 e. The Morgan fingerprint density at radius 2 is 1.94 bits per heavy atom. The smallest absolute Gasteiger partial charge is 0.239 e. The maximum atomic E-state index is 12.9. The van der Waals surface area contributed by atoms with Gasteiger partial charge in [0.2, 0.25) is 11.8 Å². The largest absolute Gasteiger partial charge is 0.373 e. The molecule has 1 aliphatic rings. The molecule has 0 saturated carbocycles. The number of halogens is 1. The van der Waals surface area contributed by atoms with Gasteiger partial charge in [0, 0.05) is 30.7 Å². The highest BCUT2D eigenvalue weighted by atomic mass is 32.2. The number of thiazole rings is 1. The van der Waals surface area contributed by atoms with E-state index in [9.17, 15) is 14.0 Å². The van der Waals surface area contributed by atoms with Gasteiger partial charge in [0.1, 0.15) is 5.82 Å². The zero-order valence-electron chi connectivity index (χ0n) is 17.8. The van der Waals surface area contributed by atoms with Crippen molar-refractivity contribution in [3.8, 4) is 0 Å². The van der Waals surface area contributed by atoms with Crippen LogP contribution in [0.4, 0.5) is 15.2 Å². The number of hydrogen-bond donors (Lipinski definition) is 2. The zero-order chi connectivity index (χ0) is 22.4. The van der Waals surface area contributed by atoms with Gasteiger partial charge in [0.15, 0.2) is 5.13 Å². The first-order valence-corrected chi connectivity index (χ1v) is 12.0. The number of aromatic nitrogens is 1. The van der Waals surface area contributed by atoms with Crippen LogP contribution in [0.1, 0.15) is 26.5 Å². The van der Waals surface area contributed by atoms with Crippen molar-refractivity contribution in [3.05, 3.63) is 41.2 Å². The van der Waals surface area contributed by atoms with Crippen molar-refractivity contribution < 1.29 is 18.7 Å². The predicted octanol–water partition coefficient (Wildman–Crippen LogP) is 3.59. The Labute approximate surface area is 189 Å². The molecule has 10 heteroatoms. The number of nitrogens with zero attached hydrogens (tertiary/aromatic N) is 2. The summed E-state index contributed by atoms with van der Waals surface area (Å²) in [4.78, 5) is 31.3. The van der Waals surface area contributed by atoms with E-state index < -0.39 is 5.25 Å². The summed E-state index contributed by atoms with van der Waals surface area (Å²) in [7, 11) is 0. The monoisotopic (exact) mass is 466 g/mol. The second-order valence-electron chi connectivity index (χ2n) is 7.59. The van der Waals surface area contributed by atoms with Gasteiger partial charge in [0.25, 0.3) is 0 Å². The van der Waals surface area contributed by atoms with Crippen molar-refractivity contribution in [1.29, 1.82) is 0 Å². The molecule has 2 amide bonds. The highest BCUT2D eigenvalue weighted by Crippen LogP contribution is 2.21. The van der Waals surface area contributed by atoms with E-state index in [1.54, 1.807) is 6.92 Å². The number of benzene rings is 1. The van der Waals surface area contributed by atoms with Crippen molar-refractivity contribution >= 4 is 45.7 Å². The van der Waals surface area contributed by atoms with Crippen molar-refractivity contribution in [2.45, 2.75) is 44.8 Å². The number of thioether (sulfide) groups is 1. The van der Waals surface area contributed by atoms with Gasteiger partial charge in [-0.2, -0.15) is 0 Å². The average Bonchev–Trinajstić information content (AvgIpc) is 3.13. The molecular formula is C21H27FN4O3S2. The number of rotatable bonds is 8. The lowest BCUT2D eigenvalue weighted by Gasteiger charge is -2.34. The molecule has 0 spiro atoms. The maximum absolute atomic E-state index is 12.9. The number of hydrogen-bond acceptors (Lipinski definition) is 7. The van der Waals surface area contributed by atoms with Crippen LogP contribution >= 0.6 is 23.1 Å². The van der Waals surface area contributed by atoms with Gasteiger partial charge in [-0.25, -0.2) is 9.37 Å². The van der Waals surface area contributed by atoms with Gasteiger partial charge in [-0.1, -0.05) is 0 Å². The molecule has 0 radical (unpaired) electrons. The first-order valence-electron chi connectivity index (χ1n) is 10.1. The number of ether oxygens (including phenoxy) is 1. The minimum atomic E-state index is -0.424. The Bertz CT molecular complexity index is 883. The fourth-order valence-electron chi connectivity index (χ4n) is 3.29. The van der Waals surface area contributed by atoms with Crippen LogP contribution in [0.3, 0.4) is 0 Å². The first-order chi connectivity index (χ1) is 14.8.